The van der Waals surface area contributed by atoms with Crippen molar-refractivity contribution >= 4 is 11.9 Å². The van der Waals surface area contributed by atoms with Crippen molar-refractivity contribution in [1.82, 2.24) is 0 Å². The van der Waals surface area contributed by atoms with E-state index >= 15 is 0 Å². The zero-order valence-corrected chi connectivity index (χ0v) is 9.08. The maximum Gasteiger partial charge on any atom is 0.309 e. The normalized spacial score (nSPS) is 39.1. The van der Waals surface area contributed by atoms with Crippen LogP contribution in [0.1, 0.15) is 20.3 Å². The van der Waals surface area contributed by atoms with Gasteiger partial charge in [0.25, 0.3) is 0 Å². The molecule has 0 saturated carbocycles. The van der Waals surface area contributed by atoms with Crippen LogP contribution in [0.25, 0.3) is 0 Å². The largest absolute Gasteiger partial charge is 0.460 e. The van der Waals surface area contributed by atoms with Gasteiger partial charge in [-0.15, -0.1) is 0 Å². The van der Waals surface area contributed by atoms with E-state index in [4.69, 9.17) is 14.2 Å². The Morgan fingerprint density at radius 3 is 2.88 bits per heavy atom. The van der Waals surface area contributed by atoms with Crippen molar-refractivity contribution in [2.45, 2.75) is 50.8 Å². The highest BCUT2D eigenvalue weighted by Gasteiger charge is 2.53. The molecule has 6 heteroatoms. The molecule has 90 valence electrons. The number of ether oxygens (including phenoxy) is 3. The van der Waals surface area contributed by atoms with Crippen molar-refractivity contribution in [2.24, 2.45) is 0 Å². The van der Waals surface area contributed by atoms with Crippen LogP contribution in [-0.2, 0) is 23.8 Å². The summed E-state index contributed by atoms with van der Waals surface area (Å²) >= 11 is 0. The van der Waals surface area contributed by atoms with E-state index in [0.717, 1.165) is 0 Å². The lowest BCUT2D eigenvalue weighted by atomic mass is 10.0. The molecule has 5 atom stereocenters. The second-order valence-electron chi connectivity index (χ2n) is 4.10. The Kier molecular flexibility index (Phi) is 2.86. The summed E-state index contributed by atoms with van der Waals surface area (Å²) < 4.78 is 15.3. The van der Waals surface area contributed by atoms with Gasteiger partial charge in [0.05, 0.1) is 6.42 Å². The molecule has 0 amide bonds. The molecule has 2 saturated heterocycles. The Balaban J connectivity index is 2.00. The molecule has 0 aromatic rings. The maximum absolute atomic E-state index is 11.0. The van der Waals surface area contributed by atoms with Gasteiger partial charge in [-0.05, 0) is 6.92 Å². The molecular formula is C10H14O6. The van der Waals surface area contributed by atoms with E-state index in [0.29, 0.717) is 0 Å². The fourth-order valence-corrected chi connectivity index (χ4v) is 2.16. The van der Waals surface area contributed by atoms with Gasteiger partial charge in [-0.2, -0.15) is 0 Å². The van der Waals surface area contributed by atoms with Gasteiger partial charge in [0.15, 0.2) is 6.10 Å². The minimum absolute atomic E-state index is 0.144. The summed E-state index contributed by atoms with van der Waals surface area (Å²) in [4.78, 5) is 21.7. The van der Waals surface area contributed by atoms with Gasteiger partial charge >= 0.3 is 11.9 Å². The van der Waals surface area contributed by atoms with Crippen LogP contribution >= 0.6 is 0 Å². The number of aliphatic hydroxyl groups excluding tert-OH is 1. The van der Waals surface area contributed by atoms with Crippen LogP contribution in [0.3, 0.4) is 0 Å². The Labute approximate surface area is 92.5 Å². The van der Waals surface area contributed by atoms with Gasteiger partial charge in [-0.1, -0.05) is 0 Å². The first-order chi connectivity index (χ1) is 7.49. The standard InChI is InChI=1S/C10H14O6/c1-4(14-5(2)11)9-8(13)10-6(15-9)3-7(12)16-10/h4,6,8-10,13H,3H2,1-2H3. The van der Waals surface area contributed by atoms with Gasteiger partial charge in [-0.3, -0.25) is 9.59 Å². The van der Waals surface area contributed by atoms with Crippen molar-refractivity contribution in [3.05, 3.63) is 0 Å². The zero-order chi connectivity index (χ0) is 11.9. The number of fused-ring (bicyclic) bond motifs is 1. The molecule has 2 fully saturated rings. The molecular weight excluding hydrogens is 216 g/mol. The smallest absolute Gasteiger partial charge is 0.309 e. The van der Waals surface area contributed by atoms with Gasteiger partial charge in [0.1, 0.15) is 24.4 Å². The lowest BCUT2D eigenvalue weighted by molar-refractivity contribution is -0.159. The lowest BCUT2D eigenvalue weighted by Gasteiger charge is -2.22. The summed E-state index contributed by atoms with van der Waals surface area (Å²) in [6.07, 6.45) is -3.04. The average Bonchev–Trinajstić information content (AvgIpc) is 2.64. The molecule has 2 aliphatic rings. The summed E-state index contributed by atoms with van der Waals surface area (Å²) in [5.74, 6) is -0.801. The fraction of sp³-hybridized carbons (Fsp3) is 0.800. The lowest BCUT2D eigenvalue weighted by Crippen LogP contribution is -2.40. The third-order valence-electron chi connectivity index (χ3n) is 2.82. The van der Waals surface area contributed by atoms with Gasteiger partial charge in [0, 0.05) is 6.92 Å². The Morgan fingerprint density at radius 1 is 1.62 bits per heavy atom. The van der Waals surface area contributed by atoms with E-state index in [2.05, 4.69) is 0 Å². The maximum atomic E-state index is 11.0. The molecule has 2 aliphatic heterocycles. The minimum Gasteiger partial charge on any atom is -0.460 e. The molecule has 0 radical (unpaired) electrons. The highest BCUT2D eigenvalue weighted by molar-refractivity contribution is 5.73. The quantitative estimate of drug-likeness (QED) is 0.637. The molecule has 16 heavy (non-hydrogen) atoms. The van der Waals surface area contributed by atoms with Crippen molar-refractivity contribution in [3.8, 4) is 0 Å². The van der Waals surface area contributed by atoms with Crippen LogP contribution in [-0.4, -0.2) is 47.6 Å². The summed E-state index contributed by atoms with van der Waals surface area (Å²) in [6.45, 7) is 2.93. The third-order valence-corrected chi connectivity index (χ3v) is 2.82. The first kappa shape index (κ1) is 11.3. The number of carbonyl (C=O) groups excluding carboxylic acids is 2. The molecule has 0 aromatic carbocycles. The molecule has 0 spiro atoms. The van der Waals surface area contributed by atoms with Crippen molar-refractivity contribution in [2.75, 3.05) is 0 Å². The monoisotopic (exact) mass is 230 g/mol. The van der Waals surface area contributed by atoms with Crippen molar-refractivity contribution in [1.29, 1.82) is 0 Å². The number of hydrogen-bond donors (Lipinski definition) is 1. The van der Waals surface area contributed by atoms with E-state index in [1.165, 1.54) is 6.92 Å². The predicted molar refractivity (Wildman–Crippen MR) is 50.4 cm³/mol. The highest BCUT2D eigenvalue weighted by atomic mass is 16.6. The second kappa shape index (κ2) is 4.03. The van der Waals surface area contributed by atoms with Gasteiger partial charge in [0.2, 0.25) is 0 Å². The van der Waals surface area contributed by atoms with Gasteiger partial charge in [-0.25, -0.2) is 0 Å². The molecule has 2 heterocycles. The zero-order valence-electron chi connectivity index (χ0n) is 9.08. The van der Waals surface area contributed by atoms with Crippen LogP contribution in [0, 0.1) is 0 Å². The SMILES string of the molecule is CC(=O)OC(C)C1OC2CC(=O)OC2C1O. The first-order valence-corrected chi connectivity index (χ1v) is 5.19. The Bertz CT molecular complexity index is 314. The number of rotatable bonds is 2. The topological polar surface area (TPSA) is 82.1 Å². The number of esters is 2. The summed E-state index contributed by atoms with van der Waals surface area (Å²) in [5, 5.41) is 9.87. The molecule has 6 nitrogen and oxygen atoms in total. The Hall–Kier alpha value is -1.14. The van der Waals surface area contributed by atoms with E-state index in [-0.39, 0.29) is 12.4 Å². The fourth-order valence-electron chi connectivity index (χ4n) is 2.16. The van der Waals surface area contributed by atoms with Crippen molar-refractivity contribution in [3.63, 3.8) is 0 Å². The van der Waals surface area contributed by atoms with Crippen LogP contribution in [0.4, 0.5) is 0 Å². The molecule has 2 rings (SSSR count). The second-order valence-corrected chi connectivity index (χ2v) is 4.10. The number of hydrogen-bond acceptors (Lipinski definition) is 6. The average molecular weight is 230 g/mol. The van der Waals surface area contributed by atoms with Crippen LogP contribution in [0.5, 0.6) is 0 Å². The molecule has 5 unspecified atom stereocenters. The number of carbonyl (C=O) groups is 2. The van der Waals surface area contributed by atoms with E-state index < -0.39 is 36.5 Å². The third kappa shape index (κ3) is 1.90. The molecule has 1 N–H and O–H groups in total. The number of aliphatic hydroxyl groups is 1. The van der Waals surface area contributed by atoms with E-state index in [9.17, 15) is 14.7 Å². The highest BCUT2D eigenvalue weighted by Crippen LogP contribution is 2.33. The molecule has 0 bridgehead atoms. The van der Waals surface area contributed by atoms with Crippen molar-refractivity contribution < 1.29 is 28.9 Å². The van der Waals surface area contributed by atoms with Gasteiger partial charge < -0.3 is 19.3 Å². The van der Waals surface area contributed by atoms with E-state index in [1.54, 1.807) is 6.92 Å². The predicted octanol–water partition coefficient (Wildman–Crippen LogP) is -0.618. The summed E-state index contributed by atoms with van der Waals surface area (Å²) in [6, 6.07) is 0. The molecule has 0 aromatic heterocycles. The van der Waals surface area contributed by atoms with E-state index in [1.807, 2.05) is 0 Å². The molecule has 0 aliphatic carbocycles. The van der Waals surface area contributed by atoms with Crippen LogP contribution < -0.4 is 0 Å². The first-order valence-electron chi connectivity index (χ1n) is 5.19. The summed E-state index contributed by atoms with van der Waals surface area (Å²) in [7, 11) is 0. The van der Waals surface area contributed by atoms with Crippen LogP contribution in [0.15, 0.2) is 0 Å². The minimum atomic E-state index is -0.939. The van der Waals surface area contributed by atoms with Crippen LogP contribution in [0.2, 0.25) is 0 Å². The Morgan fingerprint density at radius 2 is 2.31 bits per heavy atom. The summed E-state index contributed by atoms with van der Waals surface area (Å²) in [5.41, 5.74) is 0.